The van der Waals surface area contributed by atoms with Gasteiger partial charge in [-0.1, -0.05) is 29.8 Å². The smallest absolute Gasteiger partial charge is 0.122 e. The van der Waals surface area contributed by atoms with Gasteiger partial charge < -0.3 is 15.8 Å². The Kier molecular flexibility index (Phi) is 5.63. The predicted molar refractivity (Wildman–Crippen MR) is 80.2 cm³/mol. The lowest BCUT2D eigenvalue weighted by Gasteiger charge is -2.28. The van der Waals surface area contributed by atoms with E-state index in [1.165, 1.54) is 5.56 Å². The standard InChI is InChI=1S/C14H23BrN2O/c1-10(16)8-17-9-14(2,3)12-7-11(15)5-6-13(12)18-4/h5-7,10,17H,8-9,16H2,1-4H3. The van der Waals surface area contributed by atoms with Gasteiger partial charge in [0, 0.05) is 34.6 Å². The Morgan fingerprint density at radius 2 is 2.11 bits per heavy atom. The largest absolute Gasteiger partial charge is 0.496 e. The van der Waals surface area contributed by atoms with E-state index in [2.05, 4.69) is 41.2 Å². The molecule has 4 heteroatoms. The number of rotatable bonds is 6. The van der Waals surface area contributed by atoms with Crippen molar-refractivity contribution in [2.24, 2.45) is 5.73 Å². The summed E-state index contributed by atoms with van der Waals surface area (Å²) in [4.78, 5) is 0. The molecule has 1 aromatic rings. The van der Waals surface area contributed by atoms with Gasteiger partial charge in [-0.15, -0.1) is 0 Å². The predicted octanol–water partition coefficient (Wildman–Crippen LogP) is 2.67. The Hall–Kier alpha value is -0.580. The highest BCUT2D eigenvalue weighted by Crippen LogP contribution is 2.33. The second kappa shape index (κ2) is 6.55. The molecule has 0 saturated carbocycles. The van der Waals surface area contributed by atoms with Crippen LogP contribution in [0.1, 0.15) is 26.3 Å². The lowest BCUT2D eigenvalue weighted by Crippen LogP contribution is -2.39. The van der Waals surface area contributed by atoms with E-state index < -0.39 is 0 Å². The maximum Gasteiger partial charge on any atom is 0.122 e. The van der Waals surface area contributed by atoms with Crippen LogP contribution in [-0.4, -0.2) is 26.2 Å². The summed E-state index contributed by atoms with van der Waals surface area (Å²) < 4.78 is 6.51. The maximum absolute atomic E-state index is 5.75. The van der Waals surface area contributed by atoms with Crippen LogP contribution in [0.25, 0.3) is 0 Å². The van der Waals surface area contributed by atoms with E-state index in [1.54, 1.807) is 7.11 Å². The fraction of sp³-hybridized carbons (Fsp3) is 0.571. The molecule has 0 aliphatic carbocycles. The summed E-state index contributed by atoms with van der Waals surface area (Å²) in [5.74, 6) is 0.922. The number of nitrogens with one attached hydrogen (secondary N) is 1. The lowest BCUT2D eigenvalue weighted by molar-refractivity contribution is 0.384. The first-order valence-electron chi connectivity index (χ1n) is 6.17. The third-order valence-corrected chi connectivity index (χ3v) is 3.42. The Morgan fingerprint density at radius 3 is 2.67 bits per heavy atom. The monoisotopic (exact) mass is 314 g/mol. The second-order valence-electron chi connectivity index (χ2n) is 5.34. The molecule has 0 amide bonds. The molecule has 3 nitrogen and oxygen atoms in total. The van der Waals surface area contributed by atoms with Crippen molar-refractivity contribution in [1.29, 1.82) is 0 Å². The van der Waals surface area contributed by atoms with Gasteiger partial charge in [0.05, 0.1) is 7.11 Å². The summed E-state index contributed by atoms with van der Waals surface area (Å²) in [6.07, 6.45) is 0. The molecule has 0 bridgehead atoms. The third-order valence-electron chi connectivity index (χ3n) is 2.92. The second-order valence-corrected chi connectivity index (χ2v) is 6.25. The molecule has 0 aliphatic heterocycles. The Morgan fingerprint density at radius 1 is 1.44 bits per heavy atom. The minimum atomic E-state index is -0.00991. The van der Waals surface area contributed by atoms with Gasteiger partial charge in [-0.3, -0.25) is 0 Å². The molecular weight excluding hydrogens is 292 g/mol. The molecule has 3 N–H and O–H groups in total. The van der Waals surface area contributed by atoms with Crippen molar-refractivity contribution < 1.29 is 4.74 Å². The van der Waals surface area contributed by atoms with E-state index in [9.17, 15) is 0 Å². The van der Waals surface area contributed by atoms with E-state index in [-0.39, 0.29) is 11.5 Å². The maximum atomic E-state index is 5.75. The quantitative estimate of drug-likeness (QED) is 0.848. The van der Waals surface area contributed by atoms with Gasteiger partial charge in [0.2, 0.25) is 0 Å². The summed E-state index contributed by atoms with van der Waals surface area (Å²) in [6, 6.07) is 6.28. The number of methoxy groups -OCH3 is 1. The van der Waals surface area contributed by atoms with E-state index in [0.29, 0.717) is 0 Å². The molecule has 0 radical (unpaired) electrons. The van der Waals surface area contributed by atoms with Gasteiger partial charge in [-0.05, 0) is 25.1 Å². The van der Waals surface area contributed by atoms with Crippen molar-refractivity contribution >= 4 is 15.9 Å². The van der Waals surface area contributed by atoms with Crippen LogP contribution >= 0.6 is 15.9 Å². The molecule has 1 aromatic carbocycles. The molecule has 1 unspecified atom stereocenters. The highest BCUT2D eigenvalue weighted by Gasteiger charge is 2.24. The van der Waals surface area contributed by atoms with Crippen LogP contribution in [0.4, 0.5) is 0 Å². The topological polar surface area (TPSA) is 47.3 Å². The average molecular weight is 315 g/mol. The van der Waals surface area contributed by atoms with Crippen LogP contribution in [0.15, 0.2) is 22.7 Å². The van der Waals surface area contributed by atoms with Crippen molar-refractivity contribution in [2.45, 2.75) is 32.2 Å². The first kappa shape index (κ1) is 15.5. The minimum Gasteiger partial charge on any atom is -0.496 e. The molecule has 102 valence electrons. The average Bonchev–Trinajstić information content (AvgIpc) is 2.28. The van der Waals surface area contributed by atoms with E-state index in [1.807, 2.05) is 19.1 Å². The van der Waals surface area contributed by atoms with Crippen molar-refractivity contribution in [3.8, 4) is 5.75 Å². The number of halogens is 1. The van der Waals surface area contributed by atoms with Crippen LogP contribution in [0.2, 0.25) is 0 Å². The van der Waals surface area contributed by atoms with E-state index >= 15 is 0 Å². The summed E-state index contributed by atoms with van der Waals surface area (Å²) in [7, 11) is 1.71. The van der Waals surface area contributed by atoms with Crippen LogP contribution in [0.3, 0.4) is 0 Å². The molecule has 1 rings (SSSR count). The zero-order valence-corrected chi connectivity index (χ0v) is 13.2. The van der Waals surface area contributed by atoms with E-state index in [4.69, 9.17) is 10.5 Å². The molecule has 0 aromatic heterocycles. The van der Waals surface area contributed by atoms with Crippen molar-refractivity contribution in [3.05, 3.63) is 28.2 Å². The van der Waals surface area contributed by atoms with Gasteiger partial charge in [0.15, 0.2) is 0 Å². The molecular formula is C14H23BrN2O. The van der Waals surface area contributed by atoms with Gasteiger partial charge in [-0.2, -0.15) is 0 Å². The van der Waals surface area contributed by atoms with Crippen LogP contribution in [-0.2, 0) is 5.41 Å². The zero-order chi connectivity index (χ0) is 13.8. The normalized spacial score (nSPS) is 13.4. The molecule has 1 atom stereocenters. The molecule has 0 saturated heterocycles. The number of hydrogen-bond acceptors (Lipinski definition) is 3. The SMILES string of the molecule is COc1ccc(Br)cc1C(C)(C)CNCC(C)N. The lowest BCUT2D eigenvalue weighted by atomic mass is 9.84. The zero-order valence-electron chi connectivity index (χ0n) is 11.6. The van der Waals surface area contributed by atoms with Gasteiger partial charge in [0.1, 0.15) is 5.75 Å². The Balaban J connectivity index is 2.85. The van der Waals surface area contributed by atoms with Gasteiger partial charge >= 0.3 is 0 Å². The molecule has 18 heavy (non-hydrogen) atoms. The number of nitrogens with two attached hydrogens (primary N) is 1. The fourth-order valence-electron chi connectivity index (χ4n) is 1.92. The molecule has 0 aliphatic rings. The third kappa shape index (κ3) is 4.26. The number of ether oxygens (including phenoxy) is 1. The van der Waals surface area contributed by atoms with Crippen molar-refractivity contribution in [3.63, 3.8) is 0 Å². The van der Waals surface area contributed by atoms with Crippen molar-refractivity contribution in [1.82, 2.24) is 5.32 Å². The molecule has 0 fully saturated rings. The number of benzene rings is 1. The van der Waals surface area contributed by atoms with E-state index in [0.717, 1.165) is 23.3 Å². The highest BCUT2D eigenvalue weighted by atomic mass is 79.9. The summed E-state index contributed by atoms with van der Waals surface area (Å²) >= 11 is 3.51. The summed E-state index contributed by atoms with van der Waals surface area (Å²) in [5, 5.41) is 3.40. The first-order chi connectivity index (χ1) is 8.36. The first-order valence-corrected chi connectivity index (χ1v) is 6.96. The minimum absolute atomic E-state index is 0.00991. The van der Waals surface area contributed by atoms with Crippen LogP contribution in [0.5, 0.6) is 5.75 Å². The molecule has 0 heterocycles. The van der Waals surface area contributed by atoms with Crippen molar-refractivity contribution in [2.75, 3.05) is 20.2 Å². The summed E-state index contributed by atoms with van der Waals surface area (Å²) in [5.41, 5.74) is 6.93. The Labute approximate surface area is 118 Å². The Bertz CT molecular complexity index is 391. The number of hydrogen-bond donors (Lipinski definition) is 2. The van der Waals surface area contributed by atoms with Crippen LogP contribution in [0, 0.1) is 0 Å². The van der Waals surface area contributed by atoms with Gasteiger partial charge in [0.25, 0.3) is 0 Å². The van der Waals surface area contributed by atoms with Crippen LogP contribution < -0.4 is 15.8 Å². The highest BCUT2D eigenvalue weighted by molar-refractivity contribution is 9.10. The van der Waals surface area contributed by atoms with Gasteiger partial charge in [-0.25, -0.2) is 0 Å². The fourth-order valence-corrected chi connectivity index (χ4v) is 2.28. The summed E-state index contributed by atoms with van der Waals surface area (Å²) in [6.45, 7) is 8.08. The molecule has 0 spiro atoms.